The fourth-order valence-electron chi connectivity index (χ4n) is 3.14. The van der Waals surface area contributed by atoms with E-state index < -0.39 is 5.82 Å². The molecule has 6 heteroatoms. The summed E-state index contributed by atoms with van der Waals surface area (Å²) in [7, 11) is 0. The Kier molecular flexibility index (Phi) is 5.90. The van der Waals surface area contributed by atoms with Gasteiger partial charge >= 0.3 is 0 Å². The molecule has 2 amide bonds. The number of benzene rings is 2. The van der Waals surface area contributed by atoms with Crippen LogP contribution in [0.4, 0.5) is 10.1 Å². The molecule has 0 radical (unpaired) electrons. The van der Waals surface area contributed by atoms with Gasteiger partial charge in [-0.25, -0.2) is 4.39 Å². The molecule has 1 N–H and O–H groups in total. The first kappa shape index (κ1) is 18.8. The quantitative estimate of drug-likeness (QED) is 0.675. The molecule has 0 saturated carbocycles. The van der Waals surface area contributed by atoms with E-state index in [1.54, 1.807) is 12.1 Å². The molecule has 26 heavy (non-hydrogen) atoms. The van der Waals surface area contributed by atoms with Gasteiger partial charge in [0.15, 0.2) is 0 Å². The Balaban J connectivity index is 1.84. The standard InChI is InChI=1S/C20H20FIN2O2/c1-13-3-2-10-24(12-13)20(26)17-11-16(22)8-9-18(17)23-19(25)14-4-6-15(21)7-5-14/h4-9,11,13H,2-3,10,12H2,1H3,(H,23,25)/t13-/m0/s1. The Bertz CT molecular complexity index is 823. The second-order valence-corrected chi connectivity index (χ2v) is 7.90. The van der Waals surface area contributed by atoms with Gasteiger partial charge in [-0.15, -0.1) is 0 Å². The van der Waals surface area contributed by atoms with Crippen LogP contribution in [0, 0.1) is 15.3 Å². The van der Waals surface area contributed by atoms with Gasteiger partial charge in [-0.2, -0.15) is 0 Å². The number of carbonyl (C=O) groups is 2. The molecule has 2 aromatic carbocycles. The maximum Gasteiger partial charge on any atom is 0.256 e. The number of halogens is 2. The van der Waals surface area contributed by atoms with E-state index >= 15 is 0 Å². The smallest absolute Gasteiger partial charge is 0.256 e. The summed E-state index contributed by atoms with van der Waals surface area (Å²) in [6, 6.07) is 10.7. The fourth-order valence-corrected chi connectivity index (χ4v) is 3.63. The molecule has 0 unspecified atom stereocenters. The van der Waals surface area contributed by atoms with Crippen molar-refractivity contribution < 1.29 is 14.0 Å². The molecule has 1 heterocycles. The lowest BCUT2D eigenvalue weighted by Crippen LogP contribution is -2.39. The summed E-state index contributed by atoms with van der Waals surface area (Å²) in [6.07, 6.45) is 2.12. The summed E-state index contributed by atoms with van der Waals surface area (Å²) < 4.78 is 14.0. The van der Waals surface area contributed by atoms with Gasteiger partial charge in [0.05, 0.1) is 11.3 Å². The number of hydrogen-bond donors (Lipinski definition) is 1. The molecule has 1 fully saturated rings. The fraction of sp³-hybridized carbons (Fsp3) is 0.300. The van der Waals surface area contributed by atoms with Crippen molar-refractivity contribution in [3.8, 4) is 0 Å². The van der Waals surface area contributed by atoms with Crippen LogP contribution in [0.2, 0.25) is 0 Å². The summed E-state index contributed by atoms with van der Waals surface area (Å²) in [6.45, 7) is 3.61. The molecule has 2 aromatic rings. The highest BCUT2D eigenvalue weighted by molar-refractivity contribution is 14.1. The van der Waals surface area contributed by atoms with E-state index in [1.807, 2.05) is 11.0 Å². The van der Waals surface area contributed by atoms with Gasteiger partial charge < -0.3 is 10.2 Å². The van der Waals surface area contributed by atoms with Crippen molar-refractivity contribution in [2.75, 3.05) is 18.4 Å². The Morgan fingerprint density at radius 3 is 2.62 bits per heavy atom. The summed E-state index contributed by atoms with van der Waals surface area (Å²) in [5.41, 5.74) is 1.30. The predicted molar refractivity (Wildman–Crippen MR) is 108 cm³/mol. The maximum absolute atomic E-state index is 13.0. The van der Waals surface area contributed by atoms with Crippen molar-refractivity contribution in [3.63, 3.8) is 0 Å². The summed E-state index contributed by atoms with van der Waals surface area (Å²) in [4.78, 5) is 27.3. The van der Waals surface area contributed by atoms with Gasteiger partial charge in [0.25, 0.3) is 11.8 Å². The van der Waals surface area contributed by atoms with Gasteiger partial charge in [0.2, 0.25) is 0 Å². The minimum absolute atomic E-state index is 0.0653. The number of piperidine rings is 1. The summed E-state index contributed by atoms with van der Waals surface area (Å²) in [5, 5.41) is 2.79. The van der Waals surface area contributed by atoms with E-state index in [2.05, 4.69) is 34.8 Å². The highest BCUT2D eigenvalue weighted by atomic mass is 127. The van der Waals surface area contributed by atoms with Crippen molar-refractivity contribution in [1.82, 2.24) is 4.90 Å². The predicted octanol–water partition coefficient (Wildman–Crippen LogP) is 4.55. The number of rotatable bonds is 3. The first-order chi connectivity index (χ1) is 12.4. The van der Waals surface area contributed by atoms with Crippen molar-refractivity contribution >= 4 is 40.1 Å². The SMILES string of the molecule is C[C@H]1CCCN(C(=O)c2cc(I)ccc2NC(=O)c2ccc(F)cc2)C1. The normalized spacial score (nSPS) is 17.0. The highest BCUT2D eigenvalue weighted by Crippen LogP contribution is 2.24. The second kappa shape index (κ2) is 8.16. The average molecular weight is 466 g/mol. The van der Waals surface area contributed by atoms with E-state index in [9.17, 15) is 14.0 Å². The van der Waals surface area contributed by atoms with Crippen molar-refractivity contribution in [1.29, 1.82) is 0 Å². The Morgan fingerprint density at radius 1 is 1.19 bits per heavy atom. The van der Waals surface area contributed by atoms with E-state index in [4.69, 9.17) is 0 Å². The topological polar surface area (TPSA) is 49.4 Å². The third kappa shape index (κ3) is 4.41. The first-order valence-electron chi connectivity index (χ1n) is 8.60. The molecule has 4 nitrogen and oxygen atoms in total. The molecule has 136 valence electrons. The van der Waals surface area contributed by atoms with Crippen LogP contribution in [0.15, 0.2) is 42.5 Å². The number of hydrogen-bond acceptors (Lipinski definition) is 2. The summed E-state index contributed by atoms with van der Waals surface area (Å²) in [5.74, 6) is -0.351. The van der Waals surface area contributed by atoms with Crippen molar-refractivity contribution in [2.45, 2.75) is 19.8 Å². The third-order valence-corrected chi connectivity index (χ3v) is 5.18. The minimum Gasteiger partial charge on any atom is -0.338 e. The lowest BCUT2D eigenvalue weighted by atomic mass is 9.99. The van der Waals surface area contributed by atoms with Crippen LogP contribution in [0.5, 0.6) is 0 Å². The molecule has 0 bridgehead atoms. The van der Waals surface area contributed by atoms with Gasteiger partial charge in [-0.3, -0.25) is 9.59 Å². The molecule has 3 rings (SSSR count). The number of carbonyl (C=O) groups excluding carboxylic acids is 2. The van der Waals surface area contributed by atoms with Gasteiger partial charge in [0, 0.05) is 22.2 Å². The van der Waals surface area contributed by atoms with Gasteiger partial charge in [0.1, 0.15) is 5.82 Å². The van der Waals surface area contributed by atoms with Crippen LogP contribution in [-0.2, 0) is 0 Å². The van der Waals surface area contributed by atoms with E-state index in [0.717, 1.165) is 29.5 Å². The number of anilines is 1. The van der Waals surface area contributed by atoms with Gasteiger partial charge in [-0.1, -0.05) is 6.92 Å². The molecular weight excluding hydrogens is 446 g/mol. The van der Waals surface area contributed by atoms with Crippen LogP contribution in [0.1, 0.15) is 40.5 Å². The van der Waals surface area contributed by atoms with Crippen LogP contribution < -0.4 is 5.32 Å². The average Bonchev–Trinajstić information content (AvgIpc) is 2.63. The molecule has 1 aliphatic heterocycles. The van der Waals surface area contributed by atoms with E-state index in [0.29, 0.717) is 22.7 Å². The Labute approximate surface area is 165 Å². The molecule has 1 atom stereocenters. The van der Waals surface area contributed by atoms with Gasteiger partial charge in [-0.05, 0) is 83.8 Å². The lowest BCUT2D eigenvalue weighted by molar-refractivity contribution is 0.0684. The maximum atomic E-state index is 13.0. The number of nitrogens with one attached hydrogen (secondary N) is 1. The molecule has 1 saturated heterocycles. The minimum atomic E-state index is -0.397. The monoisotopic (exact) mass is 466 g/mol. The van der Waals surface area contributed by atoms with Crippen LogP contribution in [-0.4, -0.2) is 29.8 Å². The molecule has 0 spiro atoms. The number of nitrogens with zero attached hydrogens (tertiary/aromatic N) is 1. The molecular formula is C20H20FIN2O2. The van der Waals surface area contributed by atoms with E-state index in [-0.39, 0.29) is 11.8 Å². The number of likely N-dealkylation sites (tertiary alicyclic amines) is 1. The van der Waals surface area contributed by atoms with Crippen LogP contribution in [0.3, 0.4) is 0 Å². The van der Waals surface area contributed by atoms with Crippen molar-refractivity contribution in [2.24, 2.45) is 5.92 Å². The molecule has 0 aromatic heterocycles. The Morgan fingerprint density at radius 2 is 1.92 bits per heavy atom. The van der Waals surface area contributed by atoms with E-state index in [1.165, 1.54) is 24.3 Å². The Hall–Kier alpha value is -1.96. The second-order valence-electron chi connectivity index (χ2n) is 6.65. The molecule has 0 aliphatic carbocycles. The highest BCUT2D eigenvalue weighted by Gasteiger charge is 2.24. The zero-order valence-electron chi connectivity index (χ0n) is 14.5. The van der Waals surface area contributed by atoms with Crippen molar-refractivity contribution in [3.05, 3.63) is 63.0 Å². The first-order valence-corrected chi connectivity index (χ1v) is 9.67. The molecule has 1 aliphatic rings. The van der Waals surface area contributed by atoms with Crippen LogP contribution in [0.25, 0.3) is 0 Å². The zero-order valence-corrected chi connectivity index (χ0v) is 16.6. The van der Waals surface area contributed by atoms with Crippen LogP contribution >= 0.6 is 22.6 Å². The lowest BCUT2D eigenvalue weighted by Gasteiger charge is -2.31. The number of amides is 2. The largest absolute Gasteiger partial charge is 0.338 e. The summed E-state index contributed by atoms with van der Waals surface area (Å²) >= 11 is 2.15. The zero-order chi connectivity index (χ0) is 18.7. The third-order valence-electron chi connectivity index (χ3n) is 4.51.